The number of rotatable bonds is 4. The molecule has 0 spiro atoms. The molecule has 1 aromatic carbocycles. The van der Waals surface area contributed by atoms with Crippen molar-refractivity contribution in [3.63, 3.8) is 0 Å². The maximum Gasteiger partial charge on any atom is 0.123 e. The Morgan fingerprint density at radius 3 is 2.10 bits per heavy atom. The summed E-state index contributed by atoms with van der Waals surface area (Å²) in [5.41, 5.74) is 4.06. The molecule has 0 aromatic heterocycles. The molecule has 0 bridgehead atoms. The number of hydrazine groups is 1. The first-order valence-corrected chi connectivity index (χ1v) is 7.49. The van der Waals surface area contributed by atoms with E-state index in [1.807, 2.05) is 12.1 Å². The predicted molar refractivity (Wildman–Crippen MR) is 80.6 cm³/mol. The standard InChI is InChI=1S/C16H26FN3/c1-20(2)16(11-5-3-4-6-12-16)15(19-18)13-7-9-14(17)10-8-13/h7-10,15,19H,3-6,11-12,18H2,1-2H3. The van der Waals surface area contributed by atoms with E-state index in [1.54, 1.807) is 0 Å². The third-order valence-electron chi connectivity index (χ3n) is 4.77. The Labute approximate surface area is 121 Å². The molecular formula is C16H26FN3. The van der Waals surface area contributed by atoms with Gasteiger partial charge in [-0.05, 0) is 44.6 Å². The number of nitrogens with zero attached hydrogens (tertiary/aromatic N) is 1. The van der Waals surface area contributed by atoms with Crippen molar-refractivity contribution < 1.29 is 4.39 Å². The van der Waals surface area contributed by atoms with Crippen LogP contribution in [0.5, 0.6) is 0 Å². The molecule has 4 heteroatoms. The third-order valence-corrected chi connectivity index (χ3v) is 4.77. The highest BCUT2D eigenvalue weighted by atomic mass is 19.1. The van der Waals surface area contributed by atoms with Gasteiger partial charge in [0, 0.05) is 5.54 Å². The van der Waals surface area contributed by atoms with Crippen LogP contribution < -0.4 is 11.3 Å². The molecule has 0 heterocycles. The molecule has 1 fully saturated rings. The summed E-state index contributed by atoms with van der Waals surface area (Å²) in [6.07, 6.45) is 7.25. The van der Waals surface area contributed by atoms with E-state index in [1.165, 1.54) is 37.8 Å². The first-order valence-electron chi connectivity index (χ1n) is 7.49. The average molecular weight is 279 g/mol. The minimum Gasteiger partial charge on any atom is -0.302 e. The van der Waals surface area contributed by atoms with E-state index in [9.17, 15) is 4.39 Å². The number of likely N-dealkylation sites (N-methyl/N-ethyl adjacent to an activating group) is 1. The van der Waals surface area contributed by atoms with E-state index in [0.717, 1.165) is 18.4 Å². The van der Waals surface area contributed by atoms with Crippen molar-refractivity contribution in [3.05, 3.63) is 35.6 Å². The van der Waals surface area contributed by atoms with Gasteiger partial charge in [0.15, 0.2) is 0 Å². The number of benzene rings is 1. The summed E-state index contributed by atoms with van der Waals surface area (Å²) in [6.45, 7) is 0. The van der Waals surface area contributed by atoms with Crippen LogP contribution in [0.4, 0.5) is 4.39 Å². The minimum atomic E-state index is -0.204. The van der Waals surface area contributed by atoms with Crippen molar-refractivity contribution in [2.45, 2.75) is 50.1 Å². The molecule has 0 aliphatic heterocycles. The zero-order valence-corrected chi connectivity index (χ0v) is 12.5. The summed E-state index contributed by atoms with van der Waals surface area (Å²) in [4.78, 5) is 2.30. The molecule has 3 nitrogen and oxygen atoms in total. The molecule has 1 aromatic rings. The van der Waals surface area contributed by atoms with Gasteiger partial charge in [-0.15, -0.1) is 0 Å². The van der Waals surface area contributed by atoms with Crippen molar-refractivity contribution in [1.29, 1.82) is 0 Å². The Bertz CT molecular complexity index is 408. The highest BCUT2D eigenvalue weighted by Crippen LogP contribution is 2.40. The molecule has 2 rings (SSSR count). The summed E-state index contributed by atoms with van der Waals surface area (Å²) in [5, 5.41) is 0. The van der Waals surface area contributed by atoms with Gasteiger partial charge in [0.05, 0.1) is 6.04 Å². The Balaban J connectivity index is 2.36. The van der Waals surface area contributed by atoms with Crippen molar-refractivity contribution in [1.82, 2.24) is 10.3 Å². The van der Waals surface area contributed by atoms with Gasteiger partial charge in [-0.25, -0.2) is 4.39 Å². The van der Waals surface area contributed by atoms with Gasteiger partial charge < -0.3 is 4.90 Å². The molecule has 1 atom stereocenters. The number of nitrogens with two attached hydrogens (primary N) is 1. The van der Waals surface area contributed by atoms with Crippen LogP contribution in [0.1, 0.15) is 50.1 Å². The molecule has 1 aliphatic carbocycles. The summed E-state index contributed by atoms with van der Waals surface area (Å²) in [7, 11) is 4.25. The molecule has 1 unspecified atom stereocenters. The molecule has 0 saturated heterocycles. The van der Waals surface area contributed by atoms with Gasteiger partial charge in [0.25, 0.3) is 0 Å². The van der Waals surface area contributed by atoms with Crippen molar-refractivity contribution in [2.24, 2.45) is 5.84 Å². The molecule has 3 N–H and O–H groups in total. The van der Waals surface area contributed by atoms with Crippen LogP contribution in [0.3, 0.4) is 0 Å². The second kappa shape index (κ2) is 6.66. The van der Waals surface area contributed by atoms with Crippen molar-refractivity contribution in [3.8, 4) is 0 Å². The lowest BCUT2D eigenvalue weighted by Crippen LogP contribution is -2.55. The van der Waals surface area contributed by atoms with Gasteiger partial charge in [0.2, 0.25) is 0 Å². The largest absolute Gasteiger partial charge is 0.302 e. The fourth-order valence-electron chi connectivity index (χ4n) is 3.55. The van der Waals surface area contributed by atoms with Crippen LogP contribution in [-0.4, -0.2) is 24.5 Å². The maximum absolute atomic E-state index is 13.2. The van der Waals surface area contributed by atoms with E-state index < -0.39 is 0 Å². The number of hydrogen-bond acceptors (Lipinski definition) is 3. The Hall–Kier alpha value is -0.970. The first-order chi connectivity index (χ1) is 9.60. The zero-order valence-electron chi connectivity index (χ0n) is 12.5. The quantitative estimate of drug-likeness (QED) is 0.506. The maximum atomic E-state index is 13.2. The Morgan fingerprint density at radius 2 is 1.65 bits per heavy atom. The Morgan fingerprint density at radius 1 is 1.10 bits per heavy atom. The number of nitrogens with one attached hydrogen (secondary N) is 1. The number of halogens is 1. The average Bonchev–Trinajstić information content (AvgIpc) is 2.69. The highest BCUT2D eigenvalue weighted by Gasteiger charge is 2.41. The molecule has 112 valence electrons. The minimum absolute atomic E-state index is 0.00306. The summed E-state index contributed by atoms with van der Waals surface area (Å²) in [6, 6.07) is 6.74. The molecule has 0 radical (unpaired) electrons. The lowest BCUT2D eigenvalue weighted by molar-refractivity contribution is 0.0800. The summed E-state index contributed by atoms with van der Waals surface area (Å²) >= 11 is 0. The van der Waals surface area contributed by atoms with Gasteiger partial charge in [-0.2, -0.15) is 0 Å². The summed E-state index contributed by atoms with van der Waals surface area (Å²) in [5.74, 6) is 5.67. The van der Waals surface area contributed by atoms with Crippen LogP contribution in [-0.2, 0) is 0 Å². The van der Waals surface area contributed by atoms with Crippen LogP contribution in [0.2, 0.25) is 0 Å². The van der Waals surface area contributed by atoms with Crippen LogP contribution in [0.25, 0.3) is 0 Å². The van der Waals surface area contributed by atoms with E-state index in [0.29, 0.717) is 0 Å². The molecule has 1 saturated carbocycles. The van der Waals surface area contributed by atoms with E-state index in [2.05, 4.69) is 24.4 Å². The van der Waals surface area contributed by atoms with Gasteiger partial charge in [-0.1, -0.05) is 37.8 Å². The summed E-state index contributed by atoms with van der Waals surface area (Å²) < 4.78 is 13.2. The van der Waals surface area contributed by atoms with Crippen LogP contribution >= 0.6 is 0 Å². The highest BCUT2D eigenvalue weighted by molar-refractivity contribution is 5.24. The Kier molecular flexibility index (Phi) is 5.13. The van der Waals surface area contributed by atoms with E-state index in [-0.39, 0.29) is 17.4 Å². The second-order valence-electron chi connectivity index (χ2n) is 6.06. The lowest BCUT2D eigenvalue weighted by atomic mass is 9.78. The fraction of sp³-hybridized carbons (Fsp3) is 0.625. The zero-order chi connectivity index (χ0) is 14.6. The van der Waals surface area contributed by atoms with E-state index >= 15 is 0 Å². The lowest BCUT2D eigenvalue weighted by Gasteiger charge is -2.45. The molecule has 0 amide bonds. The third kappa shape index (κ3) is 3.03. The number of hydrogen-bond donors (Lipinski definition) is 2. The van der Waals surface area contributed by atoms with Gasteiger partial charge >= 0.3 is 0 Å². The normalized spacial score (nSPS) is 20.6. The van der Waals surface area contributed by atoms with Crippen molar-refractivity contribution >= 4 is 0 Å². The fourth-order valence-corrected chi connectivity index (χ4v) is 3.55. The molecular weight excluding hydrogens is 253 g/mol. The monoisotopic (exact) mass is 279 g/mol. The first kappa shape index (κ1) is 15.4. The topological polar surface area (TPSA) is 41.3 Å². The molecule has 20 heavy (non-hydrogen) atoms. The van der Waals surface area contributed by atoms with E-state index in [4.69, 9.17) is 5.84 Å². The SMILES string of the molecule is CN(C)C1(C(NN)c2ccc(F)cc2)CCCCCC1. The smallest absolute Gasteiger partial charge is 0.123 e. The van der Waals surface area contributed by atoms with Gasteiger partial charge in [-0.3, -0.25) is 11.3 Å². The van der Waals surface area contributed by atoms with Crippen LogP contribution in [0, 0.1) is 5.82 Å². The molecule has 1 aliphatic rings. The second-order valence-corrected chi connectivity index (χ2v) is 6.06. The van der Waals surface area contributed by atoms with Crippen molar-refractivity contribution in [2.75, 3.05) is 14.1 Å². The van der Waals surface area contributed by atoms with Gasteiger partial charge in [0.1, 0.15) is 5.82 Å². The predicted octanol–water partition coefficient (Wildman–Crippen LogP) is 2.98. The van der Waals surface area contributed by atoms with Crippen LogP contribution in [0.15, 0.2) is 24.3 Å².